The summed E-state index contributed by atoms with van der Waals surface area (Å²) in [4.78, 5) is 11.0. The molecule has 0 aromatic rings. The number of carbonyl (C=O) groups excluding carboxylic acids is 1. The zero-order valence-corrected chi connectivity index (χ0v) is 11.0. The number of nitrogens with one attached hydrogen (secondary N) is 1. The fourth-order valence-corrected chi connectivity index (χ4v) is 2.39. The molecule has 0 aromatic carbocycles. The van der Waals surface area contributed by atoms with Gasteiger partial charge in [-0.2, -0.15) is 0 Å². The van der Waals surface area contributed by atoms with Crippen LogP contribution in [0.25, 0.3) is 0 Å². The Labute approximate surface area is 108 Å². The molecule has 1 heterocycles. The lowest BCUT2D eigenvalue weighted by Gasteiger charge is -2.19. The smallest absolute Gasteiger partial charge is 0.332 e. The van der Waals surface area contributed by atoms with Gasteiger partial charge in [0.05, 0.1) is 19.3 Å². The number of rotatable bonds is 8. The van der Waals surface area contributed by atoms with Crippen LogP contribution in [0, 0.1) is 5.92 Å². The number of carbonyl (C=O) groups is 1. The normalized spacial score (nSPS) is 27.4. The van der Waals surface area contributed by atoms with Crippen molar-refractivity contribution in [2.45, 2.75) is 38.3 Å². The third-order valence-electron chi connectivity index (χ3n) is 3.40. The van der Waals surface area contributed by atoms with Crippen LogP contribution >= 0.6 is 0 Å². The van der Waals surface area contributed by atoms with E-state index in [0.717, 1.165) is 25.5 Å². The van der Waals surface area contributed by atoms with E-state index in [2.05, 4.69) is 5.32 Å². The van der Waals surface area contributed by atoms with Crippen LogP contribution in [0.3, 0.4) is 0 Å². The van der Waals surface area contributed by atoms with Gasteiger partial charge in [-0.25, -0.2) is 4.79 Å². The molecule has 2 atom stereocenters. The Morgan fingerprint density at radius 2 is 2.22 bits per heavy atom. The van der Waals surface area contributed by atoms with E-state index in [0.29, 0.717) is 25.4 Å². The van der Waals surface area contributed by atoms with Crippen LogP contribution in [0.2, 0.25) is 0 Å². The third-order valence-corrected chi connectivity index (χ3v) is 3.40. The monoisotopic (exact) mass is 257 g/mol. The largest absolute Gasteiger partial charge is 0.464 e. The van der Waals surface area contributed by atoms with Crippen molar-refractivity contribution in [1.82, 2.24) is 5.32 Å². The van der Waals surface area contributed by atoms with E-state index in [-0.39, 0.29) is 12.6 Å². The van der Waals surface area contributed by atoms with Crippen molar-refractivity contribution in [3.8, 4) is 0 Å². The van der Waals surface area contributed by atoms with E-state index in [9.17, 15) is 4.79 Å². The van der Waals surface area contributed by atoms with Gasteiger partial charge in [0.25, 0.3) is 0 Å². The zero-order chi connectivity index (χ0) is 12.8. The molecule has 5 nitrogen and oxygen atoms in total. The van der Waals surface area contributed by atoms with Crippen molar-refractivity contribution in [1.29, 1.82) is 0 Å². The van der Waals surface area contributed by atoms with Crippen molar-refractivity contribution in [3.05, 3.63) is 0 Å². The van der Waals surface area contributed by atoms with Crippen LogP contribution < -0.4 is 5.32 Å². The molecule has 2 unspecified atom stereocenters. The number of hydrogen-bond donors (Lipinski definition) is 1. The molecule has 0 aromatic heterocycles. The SMILES string of the molecule is CCOC(=O)COCCNC1CCOC1C1CC1. The molecule has 2 rings (SSSR count). The van der Waals surface area contributed by atoms with Crippen LogP contribution in [0.4, 0.5) is 0 Å². The second-order valence-corrected chi connectivity index (χ2v) is 4.88. The summed E-state index contributed by atoms with van der Waals surface area (Å²) in [5.41, 5.74) is 0. The minimum Gasteiger partial charge on any atom is -0.464 e. The van der Waals surface area contributed by atoms with Crippen LogP contribution in [-0.2, 0) is 19.0 Å². The Hall–Kier alpha value is -0.650. The lowest BCUT2D eigenvalue weighted by atomic mass is 10.1. The summed E-state index contributed by atoms with van der Waals surface area (Å²) in [6, 6.07) is 0.462. The first-order chi connectivity index (χ1) is 8.81. The number of esters is 1. The maximum Gasteiger partial charge on any atom is 0.332 e. The first kappa shape index (κ1) is 13.8. The van der Waals surface area contributed by atoms with Gasteiger partial charge >= 0.3 is 5.97 Å². The highest BCUT2D eigenvalue weighted by Gasteiger charge is 2.40. The molecule has 5 heteroatoms. The quantitative estimate of drug-likeness (QED) is 0.513. The maximum atomic E-state index is 11.0. The molecule has 2 fully saturated rings. The average molecular weight is 257 g/mol. The summed E-state index contributed by atoms with van der Waals surface area (Å²) in [5.74, 6) is 0.475. The molecule has 104 valence electrons. The van der Waals surface area contributed by atoms with E-state index in [1.807, 2.05) is 0 Å². The van der Waals surface area contributed by atoms with Crippen molar-refractivity contribution in [2.75, 3.05) is 33.0 Å². The lowest BCUT2D eigenvalue weighted by molar-refractivity contribution is -0.148. The summed E-state index contributed by atoms with van der Waals surface area (Å²) >= 11 is 0. The van der Waals surface area contributed by atoms with Gasteiger partial charge in [-0.15, -0.1) is 0 Å². The zero-order valence-electron chi connectivity index (χ0n) is 11.0. The molecule has 18 heavy (non-hydrogen) atoms. The van der Waals surface area contributed by atoms with Crippen molar-refractivity contribution < 1.29 is 19.0 Å². The van der Waals surface area contributed by atoms with Crippen molar-refractivity contribution in [3.63, 3.8) is 0 Å². The highest BCUT2D eigenvalue weighted by molar-refractivity contribution is 5.70. The van der Waals surface area contributed by atoms with E-state index in [1.165, 1.54) is 12.8 Å². The van der Waals surface area contributed by atoms with Crippen LogP contribution in [0.15, 0.2) is 0 Å². The molecular formula is C13H23NO4. The first-order valence-electron chi connectivity index (χ1n) is 6.89. The Morgan fingerprint density at radius 3 is 2.94 bits per heavy atom. The molecular weight excluding hydrogens is 234 g/mol. The van der Waals surface area contributed by atoms with Gasteiger partial charge in [0.15, 0.2) is 0 Å². The van der Waals surface area contributed by atoms with E-state index in [4.69, 9.17) is 14.2 Å². The molecule has 1 aliphatic heterocycles. The van der Waals surface area contributed by atoms with Crippen LogP contribution in [-0.4, -0.2) is 51.1 Å². The Bertz CT molecular complexity index is 268. The maximum absolute atomic E-state index is 11.0. The molecule has 0 amide bonds. The first-order valence-corrected chi connectivity index (χ1v) is 6.89. The summed E-state index contributed by atoms with van der Waals surface area (Å²) < 4.78 is 15.8. The van der Waals surface area contributed by atoms with Crippen LogP contribution in [0.1, 0.15) is 26.2 Å². The molecule has 0 spiro atoms. The third kappa shape index (κ3) is 4.23. The molecule has 0 bridgehead atoms. The van der Waals surface area contributed by atoms with Gasteiger partial charge in [0.2, 0.25) is 0 Å². The molecule has 2 aliphatic rings. The van der Waals surface area contributed by atoms with Gasteiger partial charge < -0.3 is 19.5 Å². The summed E-state index contributed by atoms with van der Waals surface area (Å²) in [6.45, 7) is 4.40. The molecule has 1 saturated carbocycles. The van der Waals surface area contributed by atoms with Gasteiger partial charge in [-0.1, -0.05) is 0 Å². The standard InChI is InChI=1S/C13H23NO4/c1-2-17-12(15)9-16-8-6-14-11-5-7-18-13(11)10-3-4-10/h10-11,13-14H,2-9H2,1H3. The average Bonchev–Trinajstić information content (AvgIpc) is 3.09. The van der Waals surface area contributed by atoms with E-state index < -0.39 is 0 Å². The molecule has 1 N–H and O–H groups in total. The Kier molecular flexibility index (Phi) is 5.41. The minimum absolute atomic E-state index is 0.0444. The second-order valence-electron chi connectivity index (χ2n) is 4.88. The fourth-order valence-electron chi connectivity index (χ4n) is 2.39. The highest BCUT2D eigenvalue weighted by Crippen LogP contribution is 2.38. The molecule has 1 aliphatic carbocycles. The second kappa shape index (κ2) is 7.07. The lowest BCUT2D eigenvalue weighted by Crippen LogP contribution is -2.39. The Morgan fingerprint density at radius 1 is 1.39 bits per heavy atom. The molecule has 1 saturated heterocycles. The van der Waals surface area contributed by atoms with Crippen LogP contribution in [0.5, 0.6) is 0 Å². The summed E-state index contributed by atoms with van der Waals surface area (Å²) in [6.07, 6.45) is 4.10. The number of hydrogen-bond acceptors (Lipinski definition) is 5. The highest BCUT2D eigenvalue weighted by atomic mass is 16.6. The van der Waals surface area contributed by atoms with Gasteiger partial charge in [0, 0.05) is 19.2 Å². The number of ether oxygens (including phenoxy) is 3. The van der Waals surface area contributed by atoms with Gasteiger partial charge in [0.1, 0.15) is 6.61 Å². The minimum atomic E-state index is -0.294. The van der Waals surface area contributed by atoms with Crippen molar-refractivity contribution >= 4 is 5.97 Å². The molecule has 0 radical (unpaired) electrons. The van der Waals surface area contributed by atoms with Gasteiger partial charge in [-0.3, -0.25) is 0 Å². The Balaban J connectivity index is 1.51. The predicted octanol–water partition coefficient (Wildman–Crippen LogP) is 0.723. The summed E-state index contributed by atoms with van der Waals surface area (Å²) in [7, 11) is 0. The fraction of sp³-hybridized carbons (Fsp3) is 0.923. The van der Waals surface area contributed by atoms with E-state index >= 15 is 0 Å². The topological polar surface area (TPSA) is 56.8 Å². The van der Waals surface area contributed by atoms with Crippen molar-refractivity contribution in [2.24, 2.45) is 5.92 Å². The predicted molar refractivity (Wildman–Crippen MR) is 66.3 cm³/mol. The van der Waals surface area contributed by atoms with E-state index in [1.54, 1.807) is 6.92 Å². The van der Waals surface area contributed by atoms with Gasteiger partial charge in [-0.05, 0) is 32.1 Å². The summed E-state index contributed by atoms with van der Waals surface area (Å²) in [5, 5.41) is 3.46.